The van der Waals surface area contributed by atoms with Crippen molar-refractivity contribution in [3.05, 3.63) is 93.9 Å². The summed E-state index contributed by atoms with van der Waals surface area (Å²) in [6.45, 7) is 1.53. The third-order valence-corrected chi connectivity index (χ3v) is 4.52. The van der Waals surface area contributed by atoms with Crippen LogP contribution >= 0.6 is 0 Å². The van der Waals surface area contributed by atoms with E-state index in [9.17, 15) is 14.9 Å². The zero-order valence-electron chi connectivity index (χ0n) is 16.0. The molecule has 0 amide bonds. The van der Waals surface area contributed by atoms with Gasteiger partial charge >= 0.3 is 5.88 Å². The highest BCUT2D eigenvalue weighted by Crippen LogP contribution is 2.28. The number of aromatic nitrogens is 1. The van der Waals surface area contributed by atoms with E-state index in [1.54, 1.807) is 24.3 Å². The average molecular weight is 399 g/mol. The fraction of sp³-hybridized carbons (Fsp3) is 0.0435. The fourth-order valence-corrected chi connectivity index (χ4v) is 3.03. The lowest BCUT2D eigenvalue weighted by molar-refractivity contribution is -0.402. The Morgan fingerprint density at radius 3 is 2.53 bits per heavy atom. The van der Waals surface area contributed by atoms with Crippen LogP contribution in [0.2, 0.25) is 0 Å². The zero-order valence-corrected chi connectivity index (χ0v) is 16.0. The highest BCUT2D eigenvalue weighted by atomic mass is 16.6. The zero-order chi connectivity index (χ0) is 21.1. The second-order valence-electron chi connectivity index (χ2n) is 6.64. The first-order valence-electron chi connectivity index (χ1n) is 9.20. The van der Waals surface area contributed by atoms with Crippen molar-refractivity contribution in [1.29, 1.82) is 0 Å². The molecule has 30 heavy (non-hydrogen) atoms. The molecule has 0 aliphatic heterocycles. The largest absolute Gasteiger partial charge is 0.433 e. The number of ketones is 1. The fourth-order valence-electron chi connectivity index (χ4n) is 3.03. The molecule has 4 rings (SSSR count). The molecule has 4 aromatic rings. The summed E-state index contributed by atoms with van der Waals surface area (Å²) in [5.41, 5.74) is 3.80. The smallest absolute Gasteiger partial charge is 0.401 e. The molecule has 0 bridgehead atoms. The minimum Gasteiger partial charge on any atom is -0.401 e. The number of anilines is 2. The number of nitro groups is 1. The van der Waals surface area contributed by atoms with E-state index in [0.717, 1.165) is 22.3 Å². The quantitative estimate of drug-likeness (QED) is 0.248. The van der Waals surface area contributed by atoms with E-state index in [0.29, 0.717) is 17.0 Å². The van der Waals surface area contributed by atoms with E-state index in [4.69, 9.17) is 4.42 Å². The monoisotopic (exact) mass is 399 g/mol. The number of carbonyl (C=O) groups is 1. The molecule has 2 heterocycles. The van der Waals surface area contributed by atoms with Crippen molar-refractivity contribution in [3.63, 3.8) is 0 Å². The number of carbonyl (C=O) groups excluding carboxylic acids is 1. The second-order valence-corrected chi connectivity index (χ2v) is 6.64. The van der Waals surface area contributed by atoms with Crippen molar-refractivity contribution >= 4 is 46.1 Å². The molecule has 0 aliphatic rings. The van der Waals surface area contributed by atoms with E-state index in [-0.39, 0.29) is 11.7 Å². The lowest BCUT2D eigenvalue weighted by Gasteiger charge is -2.11. The number of para-hydroxylation sites is 1. The molecule has 0 spiro atoms. The molecule has 0 radical (unpaired) electrons. The Labute approximate surface area is 171 Å². The number of Topliss-reactive ketones (excluding diaryl/α,β-unsaturated/α-hetero) is 1. The summed E-state index contributed by atoms with van der Waals surface area (Å²) in [5, 5.41) is 15.1. The molecular weight excluding hydrogens is 382 g/mol. The Bertz CT molecular complexity index is 1270. The van der Waals surface area contributed by atoms with Crippen molar-refractivity contribution < 1.29 is 14.1 Å². The number of fused-ring (bicyclic) bond motifs is 1. The molecule has 7 heteroatoms. The van der Waals surface area contributed by atoms with Crippen LogP contribution in [-0.4, -0.2) is 15.7 Å². The topological polar surface area (TPSA) is 98.3 Å². The number of hydrogen-bond acceptors (Lipinski definition) is 6. The third kappa shape index (κ3) is 4.10. The maximum absolute atomic E-state index is 11.5. The van der Waals surface area contributed by atoms with Crippen LogP contribution < -0.4 is 5.32 Å². The number of nitrogens with zero attached hydrogens (tertiary/aromatic N) is 2. The van der Waals surface area contributed by atoms with Gasteiger partial charge in [-0.3, -0.25) is 14.9 Å². The Kier molecular flexibility index (Phi) is 5.09. The summed E-state index contributed by atoms with van der Waals surface area (Å²) < 4.78 is 5.15. The van der Waals surface area contributed by atoms with Crippen molar-refractivity contribution in [2.75, 3.05) is 5.32 Å². The van der Waals surface area contributed by atoms with Crippen LogP contribution in [-0.2, 0) is 0 Å². The molecule has 2 aromatic heterocycles. The van der Waals surface area contributed by atoms with E-state index in [1.807, 2.05) is 42.5 Å². The number of benzene rings is 2. The maximum Gasteiger partial charge on any atom is 0.433 e. The average Bonchev–Trinajstić information content (AvgIpc) is 3.22. The first-order valence-corrected chi connectivity index (χ1v) is 9.20. The first-order chi connectivity index (χ1) is 14.5. The molecule has 148 valence electrons. The van der Waals surface area contributed by atoms with Gasteiger partial charge < -0.3 is 9.73 Å². The molecule has 0 saturated heterocycles. The molecule has 0 fully saturated rings. The highest BCUT2D eigenvalue weighted by molar-refractivity contribution is 5.96. The van der Waals surface area contributed by atoms with Gasteiger partial charge in [0.25, 0.3) is 0 Å². The van der Waals surface area contributed by atoms with Gasteiger partial charge in [-0.15, -0.1) is 0 Å². The maximum atomic E-state index is 11.5. The molecule has 7 nitrogen and oxygen atoms in total. The van der Waals surface area contributed by atoms with E-state index in [2.05, 4.69) is 10.3 Å². The normalized spacial score (nSPS) is 11.1. The highest BCUT2D eigenvalue weighted by Gasteiger charge is 2.10. The first kappa shape index (κ1) is 19.1. The Balaban J connectivity index is 1.67. The van der Waals surface area contributed by atoms with Crippen molar-refractivity contribution in [2.45, 2.75) is 6.92 Å². The summed E-state index contributed by atoms with van der Waals surface area (Å²) in [6.07, 6.45) is 3.37. The summed E-state index contributed by atoms with van der Waals surface area (Å²) in [4.78, 5) is 26.3. The summed E-state index contributed by atoms with van der Waals surface area (Å²) in [5.74, 6) is 0.0740. The van der Waals surface area contributed by atoms with Crippen molar-refractivity contribution in [3.8, 4) is 0 Å². The van der Waals surface area contributed by atoms with Crippen molar-refractivity contribution in [2.24, 2.45) is 0 Å². The number of pyridine rings is 1. The molecule has 0 aliphatic carbocycles. The van der Waals surface area contributed by atoms with Crippen LogP contribution in [0.1, 0.15) is 28.7 Å². The van der Waals surface area contributed by atoms with Crippen LogP contribution in [0.4, 0.5) is 17.3 Å². The van der Waals surface area contributed by atoms with Gasteiger partial charge in [0.15, 0.2) is 5.78 Å². The van der Waals surface area contributed by atoms with Crippen LogP contribution in [0.25, 0.3) is 23.1 Å². The molecule has 0 unspecified atom stereocenters. The lowest BCUT2D eigenvalue weighted by Crippen LogP contribution is -1.96. The van der Waals surface area contributed by atoms with Gasteiger partial charge in [0.05, 0.1) is 23.0 Å². The van der Waals surface area contributed by atoms with Gasteiger partial charge in [0, 0.05) is 16.6 Å². The summed E-state index contributed by atoms with van der Waals surface area (Å²) >= 11 is 0. The second kappa shape index (κ2) is 8.00. The predicted molar refractivity (Wildman–Crippen MR) is 116 cm³/mol. The SMILES string of the molecule is CC(=O)c1ccc(Nc2cc(/C=C/c3ccc([N+](=O)[O-])o3)nc3ccccc23)cc1. The Morgan fingerprint density at radius 2 is 1.83 bits per heavy atom. The van der Waals surface area contributed by atoms with Gasteiger partial charge in [-0.05, 0) is 61.5 Å². The van der Waals surface area contributed by atoms with Gasteiger partial charge in [0.2, 0.25) is 0 Å². The summed E-state index contributed by atoms with van der Waals surface area (Å²) in [7, 11) is 0. The molecule has 0 atom stereocenters. The Hall–Kier alpha value is -4.26. The van der Waals surface area contributed by atoms with Gasteiger partial charge in [-0.2, -0.15) is 0 Å². The van der Waals surface area contributed by atoms with E-state index >= 15 is 0 Å². The molecular formula is C23H17N3O4. The molecule has 0 saturated carbocycles. The number of furan rings is 1. The standard InChI is InChI=1S/C23H17N3O4/c1-15(27)16-6-8-17(9-7-16)24-22-14-18(25-21-5-3-2-4-20(21)22)10-11-19-12-13-23(30-19)26(28)29/h2-14H,1H3,(H,24,25)/b11-10+. The van der Waals surface area contributed by atoms with E-state index < -0.39 is 4.92 Å². The molecule has 2 aromatic carbocycles. The minimum absolute atomic E-state index is 0.0153. The van der Waals surface area contributed by atoms with Crippen LogP contribution in [0.5, 0.6) is 0 Å². The van der Waals surface area contributed by atoms with Gasteiger partial charge in [-0.25, -0.2) is 4.98 Å². The van der Waals surface area contributed by atoms with Crippen LogP contribution in [0, 0.1) is 10.1 Å². The van der Waals surface area contributed by atoms with Gasteiger partial charge in [0.1, 0.15) is 10.7 Å². The predicted octanol–water partition coefficient (Wildman–Crippen LogP) is 5.85. The van der Waals surface area contributed by atoms with E-state index in [1.165, 1.54) is 19.1 Å². The number of hydrogen-bond donors (Lipinski definition) is 1. The third-order valence-electron chi connectivity index (χ3n) is 4.52. The van der Waals surface area contributed by atoms with Gasteiger partial charge in [-0.1, -0.05) is 18.2 Å². The summed E-state index contributed by atoms with van der Waals surface area (Å²) in [6, 6.07) is 19.7. The van der Waals surface area contributed by atoms with Crippen LogP contribution in [0.15, 0.2) is 71.1 Å². The van der Waals surface area contributed by atoms with Crippen LogP contribution in [0.3, 0.4) is 0 Å². The van der Waals surface area contributed by atoms with Crippen molar-refractivity contribution in [1.82, 2.24) is 4.98 Å². The Morgan fingerprint density at radius 1 is 1.07 bits per heavy atom. The number of rotatable bonds is 6. The lowest BCUT2D eigenvalue weighted by atomic mass is 10.1. The number of nitrogens with one attached hydrogen (secondary N) is 1. The minimum atomic E-state index is -0.578. The molecule has 1 N–H and O–H groups in total.